The normalized spacial score (nSPS) is 16.5. The van der Waals surface area contributed by atoms with E-state index in [-0.39, 0.29) is 0 Å². The van der Waals surface area contributed by atoms with Crippen LogP contribution in [0.25, 0.3) is 0 Å². The molecule has 0 radical (unpaired) electrons. The molecule has 1 aliphatic rings. The molecule has 0 saturated heterocycles. The summed E-state index contributed by atoms with van der Waals surface area (Å²) in [5, 5.41) is 4.49. The molecule has 0 spiro atoms. The first-order chi connectivity index (χ1) is 9.15. The van der Waals surface area contributed by atoms with Crippen molar-refractivity contribution in [1.29, 1.82) is 0 Å². The van der Waals surface area contributed by atoms with Gasteiger partial charge in [-0.3, -0.25) is 0 Å². The van der Waals surface area contributed by atoms with Crippen molar-refractivity contribution in [2.24, 2.45) is 5.16 Å². The monoisotopic (exact) mass is 278 g/mol. The SMILES string of the molecule is CCN(C=C1C(=O)ON=C1c1ccc(Cl)cc1)CC. The first kappa shape index (κ1) is 13.6. The molecule has 2 rings (SSSR count). The molecular formula is C14H15ClN2O2. The lowest BCUT2D eigenvalue weighted by atomic mass is 10.0. The van der Waals surface area contributed by atoms with Crippen LogP contribution in [0.2, 0.25) is 5.02 Å². The zero-order chi connectivity index (χ0) is 13.8. The molecule has 0 saturated carbocycles. The van der Waals surface area contributed by atoms with Gasteiger partial charge in [-0.2, -0.15) is 0 Å². The molecule has 5 heteroatoms. The summed E-state index contributed by atoms with van der Waals surface area (Å²) in [6, 6.07) is 7.16. The fourth-order valence-corrected chi connectivity index (χ4v) is 1.93. The Bertz CT molecular complexity index is 531. The predicted octanol–water partition coefficient (Wildman–Crippen LogP) is 2.83. The second-order valence-electron chi connectivity index (χ2n) is 4.09. The Morgan fingerprint density at radius 1 is 1.26 bits per heavy atom. The van der Waals surface area contributed by atoms with Crippen molar-refractivity contribution in [1.82, 2.24) is 4.90 Å². The van der Waals surface area contributed by atoms with E-state index in [1.54, 1.807) is 18.3 Å². The molecular weight excluding hydrogens is 264 g/mol. The van der Waals surface area contributed by atoms with Crippen LogP contribution in [0, 0.1) is 0 Å². The number of halogens is 1. The Morgan fingerprint density at radius 3 is 2.47 bits per heavy atom. The molecule has 1 heterocycles. The molecule has 0 aromatic heterocycles. The molecule has 1 aliphatic heterocycles. The van der Waals surface area contributed by atoms with Gasteiger partial charge in [-0.1, -0.05) is 28.9 Å². The van der Waals surface area contributed by atoms with Crippen LogP contribution in [-0.2, 0) is 9.63 Å². The maximum atomic E-state index is 11.7. The molecule has 0 aliphatic carbocycles. The number of carbonyl (C=O) groups excluding carboxylic acids is 1. The van der Waals surface area contributed by atoms with Crippen LogP contribution in [-0.4, -0.2) is 29.7 Å². The molecule has 19 heavy (non-hydrogen) atoms. The van der Waals surface area contributed by atoms with Crippen LogP contribution < -0.4 is 0 Å². The van der Waals surface area contributed by atoms with Gasteiger partial charge in [-0.15, -0.1) is 0 Å². The van der Waals surface area contributed by atoms with Crippen LogP contribution in [0.1, 0.15) is 19.4 Å². The number of carbonyl (C=O) groups is 1. The highest BCUT2D eigenvalue weighted by Crippen LogP contribution is 2.20. The quantitative estimate of drug-likeness (QED) is 0.628. The topological polar surface area (TPSA) is 41.9 Å². The van der Waals surface area contributed by atoms with E-state index in [0.29, 0.717) is 16.3 Å². The minimum atomic E-state index is -0.420. The summed E-state index contributed by atoms with van der Waals surface area (Å²) in [7, 11) is 0. The average molecular weight is 279 g/mol. The summed E-state index contributed by atoms with van der Waals surface area (Å²) in [5.74, 6) is -0.420. The predicted molar refractivity (Wildman–Crippen MR) is 75.1 cm³/mol. The Hall–Kier alpha value is -1.81. The smallest absolute Gasteiger partial charge is 0.369 e. The average Bonchev–Trinajstić information content (AvgIpc) is 2.78. The Kier molecular flexibility index (Phi) is 4.22. The highest BCUT2D eigenvalue weighted by atomic mass is 35.5. The zero-order valence-electron chi connectivity index (χ0n) is 10.9. The third-order valence-electron chi connectivity index (χ3n) is 2.94. The van der Waals surface area contributed by atoms with E-state index < -0.39 is 5.97 Å². The van der Waals surface area contributed by atoms with Crippen LogP contribution in [0.5, 0.6) is 0 Å². The molecule has 100 valence electrons. The summed E-state index contributed by atoms with van der Waals surface area (Å²) in [5.41, 5.74) is 1.84. The standard InChI is InChI=1S/C14H15ClN2O2/c1-3-17(4-2)9-12-13(16-19-14(12)18)10-5-7-11(15)8-6-10/h5-9H,3-4H2,1-2H3. The second kappa shape index (κ2) is 5.89. The summed E-state index contributed by atoms with van der Waals surface area (Å²) < 4.78 is 0. The number of hydrogen-bond acceptors (Lipinski definition) is 4. The fourth-order valence-electron chi connectivity index (χ4n) is 1.80. The maximum Gasteiger partial charge on any atom is 0.369 e. The number of oxime groups is 1. The van der Waals surface area contributed by atoms with Crippen LogP contribution >= 0.6 is 11.6 Å². The summed E-state index contributed by atoms with van der Waals surface area (Å²) >= 11 is 5.85. The number of benzene rings is 1. The van der Waals surface area contributed by atoms with E-state index in [9.17, 15) is 4.79 Å². The molecule has 0 bridgehead atoms. The van der Waals surface area contributed by atoms with Gasteiger partial charge in [0, 0.05) is 29.9 Å². The van der Waals surface area contributed by atoms with Crippen molar-refractivity contribution in [2.45, 2.75) is 13.8 Å². The second-order valence-corrected chi connectivity index (χ2v) is 4.53. The van der Waals surface area contributed by atoms with Crippen molar-refractivity contribution in [3.05, 3.63) is 46.6 Å². The van der Waals surface area contributed by atoms with Gasteiger partial charge in [0.2, 0.25) is 0 Å². The number of hydrogen-bond donors (Lipinski definition) is 0. The third-order valence-corrected chi connectivity index (χ3v) is 3.19. The Balaban J connectivity index is 2.34. The van der Waals surface area contributed by atoms with E-state index in [2.05, 4.69) is 5.16 Å². The molecule has 1 aromatic carbocycles. The summed E-state index contributed by atoms with van der Waals surface area (Å²) in [6.07, 6.45) is 1.79. The van der Waals surface area contributed by atoms with Crippen LogP contribution in [0.3, 0.4) is 0 Å². The van der Waals surface area contributed by atoms with Gasteiger partial charge < -0.3 is 9.74 Å². The number of nitrogens with zero attached hydrogens (tertiary/aromatic N) is 2. The lowest BCUT2D eigenvalue weighted by Gasteiger charge is -2.15. The van der Waals surface area contributed by atoms with Gasteiger partial charge >= 0.3 is 5.97 Å². The van der Waals surface area contributed by atoms with Crippen LogP contribution in [0.15, 0.2) is 41.2 Å². The van der Waals surface area contributed by atoms with E-state index >= 15 is 0 Å². The van der Waals surface area contributed by atoms with Gasteiger partial charge in [0.1, 0.15) is 11.3 Å². The van der Waals surface area contributed by atoms with Crippen molar-refractivity contribution in [2.75, 3.05) is 13.1 Å². The minimum absolute atomic E-state index is 0.420. The van der Waals surface area contributed by atoms with Crippen molar-refractivity contribution >= 4 is 23.3 Å². The van der Waals surface area contributed by atoms with Crippen LogP contribution in [0.4, 0.5) is 0 Å². The van der Waals surface area contributed by atoms with Gasteiger partial charge in [0.15, 0.2) is 0 Å². The first-order valence-electron chi connectivity index (χ1n) is 6.17. The number of rotatable bonds is 4. The summed E-state index contributed by atoms with van der Waals surface area (Å²) in [6.45, 7) is 5.70. The molecule has 0 fully saturated rings. The van der Waals surface area contributed by atoms with Gasteiger partial charge in [0.05, 0.1) is 0 Å². The highest BCUT2D eigenvalue weighted by Gasteiger charge is 2.27. The van der Waals surface area contributed by atoms with E-state index in [1.165, 1.54) is 0 Å². The lowest BCUT2D eigenvalue weighted by molar-refractivity contribution is -0.136. The Labute approximate surface area is 117 Å². The minimum Gasteiger partial charge on any atom is -0.377 e. The third kappa shape index (κ3) is 2.96. The molecule has 0 N–H and O–H groups in total. The van der Waals surface area contributed by atoms with E-state index in [0.717, 1.165) is 18.7 Å². The fraction of sp³-hybridized carbons (Fsp3) is 0.286. The first-order valence-corrected chi connectivity index (χ1v) is 6.55. The molecule has 4 nitrogen and oxygen atoms in total. The molecule has 0 unspecified atom stereocenters. The zero-order valence-corrected chi connectivity index (χ0v) is 11.6. The lowest BCUT2D eigenvalue weighted by Crippen LogP contribution is -2.19. The van der Waals surface area contributed by atoms with Gasteiger partial charge in [-0.25, -0.2) is 4.79 Å². The van der Waals surface area contributed by atoms with Crippen molar-refractivity contribution < 1.29 is 9.63 Å². The summed E-state index contributed by atoms with van der Waals surface area (Å²) in [4.78, 5) is 18.5. The molecule has 0 atom stereocenters. The van der Waals surface area contributed by atoms with Crippen molar-refractivity contribution in [3.63, 3.8) is 0 Å². The largest absolute Gasteiger partial charge is 0.377 e. The molecule has 0 amide bonds. The Morgan fingerprint density at radius 2 is 1.89 bits per heavy atom. The van der Waals surface area contributed by atoms with E-state index in [1.807, 2.05) is 30.9 Å². The van der Waals surface area contributed by atoms with Gasteiger partial charge in [-0.05, 0) is 26.0 Å². The molecule has 1 aromatic rings. The van der Waals surface area contributed by atoms with Crippen molar-refractivity contribution in [3.8, 4) is 0 Å². The maximum absolute atomic E-state index is 11.7. The highest BCUT2D eigenvalue weighted by molar-refractivity contribution is 6.31. The van der Waals surface area contributed by atoms with Gasteiger partial charge in [0.25, 0.3) is 0 Å². The van der Waals surface area contributed by atoms with E-state index in [4.69, 9.17) is 16.4 Å².